The number of aromatic nitrogens is 1. The lowest BCUT2D eigenvalue weighted by atomic mass is 9.85. The first-order valence-electron chi connectivity index (χ1n) is 16.7. The van der Waals surface area contributed by atoms with Gasteiger partial charge in [0.2, 0.25) is 11.8 Å². The lowest BCUT2D eigenvalue weighted by Gasteiger charge is -2.36. The maximum Gasteiger partial charge on any atom is 0.307 e. The summed E-state index contributed by atoms with van der Waals surface area (Å²) in [6.07, 6.45) is -0.166. The van der Waals surface area contributed by atoms with Gasteiger partial charge in [0.05, 0.1) is 35.0 Å². The fourth-order valence-electron chi connectivity index (χ4n) is 6.40. The predicted molar refractivity (Wildman–Crippen MR) is 193 cm³/mol. The maximum absolute atomic E-state index is 14.1. The van der Waals surface area contributed by atoms with E-state index in [0.717, 1.165) is 38.4 Å². The third-order valence-electron chi connectivity index (χ3n) is 9.08. The highest BCUT2D eigenvalue weighted by molar-refractivity contribution is 7.13. The van der Waals surface area contributed by atoms with Crippen molar-refractivity contribution in [3.05, 3.63) is 101 Å². The number of β-amino-alcohol motifs (C(OH)–C–C–N with tert-alkyl or cyclic N) is 1. The van der Waals surface area contributed by atoms with Crippen LogP contribution in [0, 0.1) is 12.3 Å². The number of carbonyl (C=O) groups is 3. The minimum Gasteiger partial charge on any atom is -0.481 e. The molecule has 2 heterocycles. The summed E-state index contributed by atoms with van der Waals surface area (Å²) in [6, 6.07) is 22.4. The van der Waals surface area contributed by atoms with Crippen LogP contribution in [0.15, 0.2) is 78.3 Å². The molecule has 0 radical (unpaired) electrons. The van der Waals surface area contributed by atoms with Gasteiger partial charge in [-0.3, -0.25) is 14.4 Å². The number of thiazole rings is 1. The second kappa shape index (κ2) is 15.4. The minimum atomic E-state index is -0.893. The number of aryl methyl sites for hydroxylation is 1. The number of nitrogens with one attached hydrogen (secondary N) is 2. The number of aliphatic hydroxyl groups is 1. The highest BCUT2D eigenvalue weighted by Gasteiger charge is 2.42. The summed E-state index contributed by atoms with van der Waals surface area (Å²) in [5.74, 6) is -1.37. The van der Waals surface area contributed by atoms with E-state index in [1.165, 1.54) is 0 Å². The van der Waals surface area contributed by atoms with Gasteiger partial charge in [0, 0.05) is 25.2 Å². The first-order chi connectivity index (χ1) is 23.3. The molecule has 4 aromatic rings. The van der Waals surface area contributed by atoms with Gasteiger partial charge < -0.3 is 25.7 Å². The molecule has 0 aliphatic carbocycles. The summed E-state index contributed by atoms with van der Waals surface area (Å²) in [5, 5.41) is 26.4. The third-order valence-corrected chi connectivity index (χ3v) is 10.1. The van der Waals surface area contributed by atoms with Crippen molar-refractivity contribution in [3.63, 3.8) is 0 Å². The predicted octanol–water partition coefficient (Wildman–Crippen LogP) is 5.80. The number of carbonyl (C=O) groups excluding carboxylic acids is 2. The largest absolute Gasteiger partial charge is 0.481 e. The molecule has 2 amide bonds. The van der Waals surface area contributed by atoms with Gasteiger partial charge in [-0.2, -0.15) is 0 Å². The standard InChI is InChI=1S/C39H46N4O5S/c1-24(28-12-14-29(15-13-28)36-25(2)41-23-49-36)40-21-32-20-33(44)22-43(32)38(48)37(39(3,4)5)42-34(45)18-26-8-6-10-30(16-26)31-11-7-9-27(17-31)19-35(46)47/h6-17,23-24,32-33,37,40,44H,18-22H2,1-5H3,(H,42,45)(H,46,47)/t24-,32-,33+,37+/m0/s1. The van der Waals surface area contributed by atoms with E-state index < -0.39 is 23.5 Å². The molecule has 9 nitrogen and oxygen atoms in total. The van der Waals surface area contributed by atoms with Gasteiger partial charge in [0.1, 0.15) is 6.04 Å². The number of carboxylic acid groups (broad SMARTS) is 1. The van der Waals surface area contributed by atoms with Crippen molar-refractivity contribution in [1.29, 1.82) is 0 Å². The van der Waals surface area contributed by atoms with E-state index >= 15 is 0 Å². The van der Waals surface area contributed by atoms with Crippen LogP contribution in [-0.4, -0.2) is 69.2 Å². The lowest BCUT2D eigenvalue weighted by molar-refractivity contribution is -0.140. The number of hydrogen-bond acceptors (Lipinski definition) is 7. The van der Waals surface area contributed by atoms with Crippen LogP contribution in [0.2, 0.25) is 0 Å². The molecule has 5 rings (SSSR count). The van der Waals surface area contributed by atoms with Crippen LogP contribution in [0.1, 0.15) is 62.5 Å². The molecule has 0 saturated carbocycles. The Balaban J connectivity index is 1.23. The summed E-state index contributed by atoms with van der Waals surface area (Å²) < 4.78 is 0. The van der Waals surface area contributed by atoms with Crippen LogP contribution < -0.4 is 10.6 Å². The van der Waals surface area contributed by atoms with Gasteiger partial charge in [-0.1, -0.05) is 93.6 Å². The van der Waals surface area contributed by atoms with Crippen LogP contribution in [0.25, 0.3) is 21.6 Å². The molecule has 0 bridgehead atoms. The van der Waals surface area contributed by atoms with Crippen molar-refractivity contribution in [2.24, 2.45) is 5.41 Å². The molecule has 1 aliphatic heterocycles. The Morgan fingerprint density at radius 3 is 2.16 bits per heavy atom. The van der Waals surface area contributed by atoms with E-state index in [0.29, 0.717) is 18.5 Å². The van der Waals surface area contributed by atoms with E-state index in [4.69, 9.17) is 0 Å². The van der Waals surface area contributed by atoms with Gasteiger partial charge in [-0.05, 0) is 59.1 Å². The SMILES string of the molecule is Cc1ncsc1-c1ccc([C@H](C)NC[C@@H]2C[C@@H](O)CN2C(=O)[C@@H](NC(=O)Cc2cccc(-c3cccc(CC(=O)O)c3)c2)C(C)(C)C)cc1. The Kier molecular flexibility index (Phi) is 11.3. The molecule has 0 spiro atoms. The zero-order chi connectivity index (χ0) is 35.3. The van der Waals surface area contributed by atoms with Crippen molar-refractivity contribution in [3.8, 4) is 21.6 Å². The highest BCUT2D eigenvalue weighted by atomic mass is 32.1. The van der Waals surface area contributed by atoms with Crippen molar-refractivity contribution in [1.82, 2.24) is 20.5 Å². The summed E-state index contributed by atoms with van der Waals surface area (Å²) >= 11 is 1.63. The number of aliphatic hydroxyl groups excluding tert-OH is 1. The highest BCUT2D eigenvalue weighted by Crippen LogP contribution is 2.30. The van der Waals surface area contributed by atoms with E-state index in [-0.39, 0.29) is 43.3 Å². The van der Waals surface area contributed by atoms with Crippen LogP contribution in [0.5, 0.6) is 0 Å². The second-order valence-electron chi connectivity index (χ2n) is 14.1. The molecule has 49 heavy (non-hydrogen) atoms. The molecule has 0 unspecified atom stereocenters. The second-order valence-corrected chi connectivity index (χ2v) is 14.9. The Hall–Kier alpha value is -4.38. The van der Waals surface area contributed by atoms with Gasteiger partial charge in [-0.25, -0.2) is 4.98 Å². The smallest absolute Gasteiger partial charge is 0.307 e. The Morgan fingerprint density at radius 2 is 1.59 bits per heavy atom. The summed E-state index contributed by atoms with van der Waals surface area (Å²) in [6.45, 7) is 10.6. The molecule has 10 heteroatoms. The summed E-state index contributed by atoms with van der Waals surface area (Å²) in [4.78, 5) is 46.0. The van der Waals surface area contributed by atoms with E-state index in [9.17, 15) is 24.6 Å². The molecule has 3 aromatic carbocycles. The first kappa shape index (κ1) is 35.9. The monoisotopic (exact) mass is 682 g/mol. The van der Waals surface area contributed by atoms with E-state index in [2.05, 4.69) is 46.8 Å². The van der Waals surface area contributed by atoms with Gasteiger partial charge in [-0.15, -0.1) is 11.3 Å². The number of likely N-dealkylation sites (tertiary alicyclic amines) is 1. The number of amides is 2. The van der Waals surface area contributed by atoms with Crippen molar-refractivity contribution in [2.75, 3.05) is 13.1 Å². The summed E-state index contributed by atoms with van der Waals surface area (Å²) in [5.41, 5.74) is 7.79. The first-order valence-corrected chi connectivity index (χ1v) is 17.6. The number of carboxylic acids is 1. The van der Waals surface area contributed by atoms with Crippen LogP contribution in [0.3, 0.4) is 0 Å². The fourth-order valence-corrected chi connectivity index (χ4v) is 7.21. The molecule has 1 aromatic heterocycles. The van der Waals surface area contributed by atoms with Crippen LogP contribution >= 0.6 is 11.3 Å². The molecule has 258 valence electrons. The Bertz CT molecular complexity index is 1780. The summed E-state index contributed by atoms with van der Waals surface area (Å²) in [7, 11) is 0. The maximum atomic E-state index is 14.1. The molecule has 4 atom stereocenters. The number of nitrogens with zero attached hydrogens (tertiary/aromatic N) is 2. The van der Waals surface area contributed by atoms with Gasteiger partial charge >= 0.3 is 5.97 Å². The normalized spacial score (nSPS) is 17.5. The average molecular weight is 683 g/mol. The molecule has 4 N–H and O–H groups in total. The molecular formula is C39H46N4O5S. The van der Waals surface area contributed by atoms with Crippen molar-refractivity contribution < 1.29 is 24.6 Å². The van der Waals surface area contributed by atoms with Crippen LogP contribution in [-0.2, 0) is 27.2 Å². The van der Waals surface area contributed by atoms with Gasteiger partial charge in [0.15, 0.2) is 0 Å². The van der Waals surface area contributed by atoms with E-state index in [1.54, 1.807) is 22.3 Å². The van der Waals surface area contributed by atoms with Gasteiger partial charge in [0.25, 0.3) is 0 Å². The average Bonchev–Trinajstić information content (AvgIpc) is 3.66. The van der Waals surface area contributed by atoms with Crippen molar-refractivity contribution in [2.45, 2.75) is 78.1 Å². The van der Waals surface area contributed by atoms with Crippen LogP contribution in [0.4, 0.5) is 0 Å². The molecule has 1 aliphatic rings. The lowest BCUT2D eigenvalue weighted by Crippen LogP contribution is -2.57. The molecular weight excluding hydrogens is 637 g/mol. The third kappa shape index (κ3) is 9.20. The number of rotatable bonds is 12. The fraction of sp³-hybridized carbons (Fsp3) is 0.385. The Morgan fingerprint density at radius 1 is 0.959 bits per heavy atom. The Labute approximate surface area is 292 Å². The zero-order valence-electron chi connectivity index (χ0n) is 28.8. The topological polar surface area (TPSA) is 132 Å². The zero-order valence-corrected chi connectivity index (χ0v) is 29.6. The van der Waals surface area contributed by atoms with E-state index in [1.807, 2.05) is 75.7 Å². The molecule has 1 saturated heterocycles. The number of aliphatic carboxylic acids is 1. The minimum absolute atomic E-state index is 0.0276. The number of benzene rings is 3. The number of hydrogen-bond donors (Lipinski definition) is 4. The molecule has 1 fully saturated rings. The quantitative estimate of drug-likeness (QED) is 0.149. The van der Waals surface area contributed by atoms with Crippen molar-refractivity contribution >= 4 is 29.1 Å².